The van der Waals surface area contributed by atoms with Crippen LogP contribution < -0.4 is 5.32 Å². The average Bonchev–Trinajstić information content (AvgIpc) is 3.01. The van der Waals surface area contributed by atoms with Gasteiger partial charge >= 0.3 is 0 Å². The molecule has 3 aromatic rings. The molecule has 3 rings (SSSR count). The molecule has 1 aromatic heterocycles. The first kappa shape index (κ1) is 18.3. The van der Waals surface area contributed by atoms with E-state index in [0.29, 0.717) is 18.9 Å². The lowest BCUT2D eigenvalue weighted by Crippen LogP contribution is -2.28. The average molecular weight is 365 g/mol. The number of hydrogen-bond acceptors (Lipinski definition) is 3. The normalized spacial score (nSPS) is 12.0. The van der Waals surface area contributed by atoms with Crippen molar-refractivity contribution in [3.8, 4) is 11.3 Å². The molecule has 4 heteroatoms. The van der Waals surface area contributed by atoms with Crippen molar-refractivity contribution >= 4 is 17.2 Å². The van der Waals surface area contributed by atoms with E-state index < -0.39 is 0 Å². The van der Waals surface area contributed by atoms with E-state index in [1.54, 1.807) is 11.3 Å². The molecule has 0 radical (unpaired) electrons. The number of rotatable bonds is 6. The van der Waals surface area contributed by atoms with Gasteiger partial charge in [0, 0.05) is 17.0 Å². The van der Waals surface area contributed by atoms with Gasteiger partial charge in [-0.05, 0) is 25.3 Å². The summed E-state index contributed by atoms with van der Waals surface area (Å²) in [5.74, 6) is 0.338. The molecule has 0 fully saturated rings. The molecular formula is C22H24N2OS. The Morgan fingerprint density at radius 1 is 1.08 bits per heavy atom. The Morgan fingerprint density at radius 2 is 1.77 bits per heavy atom. The number of aromatic nitrogens is 1. The van der Waals surface area contributed by atoms with Gasteiger partial charge in [-0.1, -0.05) is 67.1 Å². The van der Waals surface area contributed by atoms with Crippen molar-refractivity contribution in [2.75, 3.05) is 6.54 Å². The summed E-state index contributed by atoms with van der Waals surface area (Å²) in [6.07, 6.45) is 0.371. The first-order valence-corrected chi connectivity index (χ1v) is 9.69. The zero-order chi connectivity index (χ0) is 18.5. The number of nitrogens with zero attached hydrogens (tertiary/aromatic N) is 1. The van der Waals surface area contributed by atoms with Crippen LogP contribution in [-0.4, -0.2) is 17.4 Å². The van der Waals surface area contributed by atoms with Crippen molar-refractivity contribution < 1.29 is 4.79 Å². The van der Waals surface area contributed by atoms with E-state index in [0.717, 1.165) is 21.1 Å². The van der Waals surface area contributed by atoms with E-state index in [4.69, 9.17) is 0 Å². The first-order valence-electron chi connectivity index (χ1n) is 8.88. The van der Waals surface area contributed by atoms with Gasteiger partial charge in [-0.3, -0.25) is 4.79 Å². The van der Waals surface area contributed by atoms with E-state index in [1.165, 1.54) is 11.1 Å². The first-order chi connectivity index (χ1) is 12.5. The molecule has 0 aliphatic heterocycles. The molecule has 0 spiro atoms. The number of amides is 1. The van der Waals surface area contributed by atoms with Gasteiger partial charge in [0.05, 0.1) is 17.1 Å². The highest BCUT2D eigenvalue weighted by atomic mass is 32.1. The monoisotopic (exact) mass is 364 g/mol. The third-order valence-corrected chi connectivity index (χ3v) is 5.40. The molecule has 1 N–H and O–H groups in total. The second-order valence-corrected chi connectivity index (χ2v) is 7.95. The van der Waals surface area contributed by atoms with Crippen molar-refractivity contribution in [1.82, 2.24) is 10.3 Å². The third kappa shape index (κ3) is 4.58. The number of benzene rings is 2. The SMILES string of the molecule is Cc1ccc(-c2nc(C)sc2CC(=O)NCC(C)c2ccccc2)cc1. The summed E-state index contributed by atoms with van der Waals surface area (Å²) in [6, 6.07) is 18.6. The summed E-state index contributed by atoms with van der Waals surface area (Å²) in [7, 11) is 0. The summed E-state index contributed by atoms with van der Waals surface area (Å²) in [5, 5.41) is 4.05. The third-order valence-electron chi connectivity index (χ3n) is 4.42. The fraction of sp³-hybridized carbons (Fsp3) is 0.273. The summed E-state index contributed by atoms with van der Waals surface area (Å²) in [6.45, 7) is 6.82. The van der Waals surface area contributed by atoms with Crippen LogP contribution in [0.3, 0.4) is 0 Å². The topological polar surface area (TPSA) is 42.0 Å². The Balaban J connectivity index is 1.65. The van der Waals surface area contributed by atoms with Crippen molar-refractivity contribution in [3.05, 3.63) is 75.6 Å². The lowest BCUT2D eigenvalue weighted by Gasteiger charge is -2.13. The predicted molar refractivity (Wildman–Crippen MR) is 109 cm³/mol. The van der Waals surface area contributed by atoms with Gasteiger partial charge in [-0.15, -0.1) is 11.3 Å². The van der Waals surface area contributed by atoms with Crippen LogP contribution in [0.15, 0.2) is 54.6 Å². The minimum atomic E-state index is 0.0461. The van der Waals surface area contributed by atoms with Gasteiger partial charge in [0.1, 0.15) is 0 Å². The van der Waals surface area contributed by atoms with Gasteiger partial charge in [0.15, 0.2) is 0 Å². The molecule has 1 amide bonds. The lowest BCUT2D eigenvalue weighted by molar-refractivity contribution is -0.120. The van der Waals surface area contributed by atoms with Crippen molar-refractivity contribution in [1.29, 1.82) is 0 Å². The number of carbonyl (C=O) groups is 1. The van der Waals surface area contributed by atoms with Crippen LogP contribution in [0.4, 0.5) is 0 Å². The maximum atomic E-state index is 12.5. The number of carbonyl (C=O) groups excluding carboxylic acids is 1. The Kier molecular flexibility index (Phi) is 5.84. The number of hydrogen-bond donors (Lipinski definition) is 1. The molecular weight excluding hydrogens is 340 g/mol. The second kappa shape index (κ2) is 8.28. The smallest absolute Gasteiger partial charge is 0.225 e. The highest BCUT2D eigenvalue weighted by Crippen LogP contribution is 2.28. The minimum Gasteiger partial charge on any atom is -0.355 e. The molecule has 0 saturated heterocycles. The van der Waals surface area contributed by atoms with Crippen LogP contribution in [0.25, 0.3) is 11.3 Å². The van der Waals surface area contributed by atoms with Crippen LogP contribution in [0.2, 0.25) is 0 Å². The van der Waals surface area contributed by atoms with Gasteiger partial charge in [0.25, 0.3) is 0 Å². The van der Waals surface area contributed by atoms with Crippen LogP contribution in [0.1, 0.15) is 33.9 Å². The zero-order valence-electron chi connectivity index (χ0n) is 15.5. The Hall–Kier alpha value is -2.46. The highest BCUT2D eigenvalue weighted by Gasteiger charge is 2.15. The molecule has 0 saturated carbocycles. The largest absolute Gasteiger partial charge is 0.355 e. The quantitative estimate of drug-likeness (QED) is 0.677. The van der Waals surface area contributed by atoms with Crippen LogP contribution in [0, 0.1) is 13.8 Å². The Morgan fingerprint density at radius 3 is 2.46 bits per heavy atom. The second-order valence-electron chi connectivity index (χ2n) is 6.66. The number of nitrogens with one attached hydrogen (secondary N) is 1. The minimum absolute atomic E-state index is 0.0461. The lowest BCUT2D eigenvalue weighted by atomic mass is 10.0. The molecule has 2 aromatic carbocycles. The van der Waals surface area contributed by atoms with Crippen LogP contribution in [-0.2, 0) is 11.2 Å². The molecule has 0 bridgehead atoms. The number of aryl methyl sites for hydroxylation is 2. The molecule has 1 heterocycles. The Bertz CT molecular complexity index is 869. The summed E-state index contributed by atoms with van der Waals surface area (Å²) in [4.78, 5) is 18.1. The van der Waals surface area contributed by atoms with E-state index in [2.05, 4.69) is 60.5 Å². The van der Waals surface area contributed by atoms with Crippen LogP contribution >= 0.6 is 11.3 Å². The molecule has 0 aliphatic rings. The molecule has 1 unspecified atom stereocenters. The van der Waals surface area contributed by atoms with E-state index in [1.807, 2.05) is 25.1 Å². The standard InChI is InChI=1S/C22H24N2OS/c1-15-9-11-19(12-10-15)22-20(26-17(3)24-22)13-21(25)23-14-16(2)18-7-5-4-6-8-18/h4-12,16H,13-14H2,1-3H3,(H,23,25). The van der Waals surface area contributed by atoms with E-state index in [-0.39, 0.29) is 5.91 Å². The van der Waals surface area contributed by atoms with Gasteiger partial charge in [0.2, 0.25) is 5.91 Å². The van der Waals surface area contributed by atoms with Crippen molar-refractivity contribution in [2.24, 2.45) is 0 Å². The maximum Gasteiger partial charge on any atom is 0.225 e. The summed E-state index contributed by atoms with van der Waals surface area (Å²) in [5.41, 5.74) is 4.45. The summed E-state index contributed by atoms with van der Waals surface area (Å²) >= 11 is 1.60. The van der Waals surface area contributed by atoms with Crippen LogP contribution in [0.5, 0.6) is 0 Å². The Labute approximate surface area is 159 Å². The molecule has 1 atom stereocenters. The molecule has 26 heavy (non-hydrogen) atoms. The summed E-state index contributed by atoms with van der Waals surface area (Å²) < 4.78 is 0. The molecule has 3 nitrogen and oxygen atoms in total. The van der Waals surface area contributed by atoms with Gasteiger partial charge < -0.3 is 5.32 Å². The fourth-order valence-corrected chi connectivity index (χ4v) is 3.86. The van der Waals surface area contributed by atoms with E-state index in [9.17, 15) is 4.79 Å². The highest BCUT2D eigenvalue weighted by molar-refractivity contribution is 7.12. The molecule has 0 aliphatic carbocycles. The van der Waals surface area contributed by atoms with Crippen molar-refractivity contribution in [2.45, 2.75) is 33.1 Å². The molecule has 134 valence electrons. The van der Waals surface area contributed by atoms with Gasteiger partial charge in [-0.2, -0.15) is 0 Å². The van der Waals surface area contributed by atoms with E-state index >= 15 is 0 Å². The zero-order valence-corrected chi connectivity index (χ0v) is 16.3. The van der Waals surface area contributed by atoms with Crippen molar-refractivity contribution in [3.63, 3.8) is 0 Å². The fourth-order valence-electron chi connectivity index (χ4n) is 2.90. The maximum absolute atomic E-state index is 12.5. The van der Waals surface area contributed by atoms with Gasteiger partial charge in [-0.25, -0.2) is 4.98 Å². The predicted octanol–water partition coefficient (Wildman–Crippen LogP) is 4.89. The number of thiazole rings is 1.